The van der Waals surface area contributed by atoms with Crippen molar-refractivity contribution in [2.24, 2.45) is 0 Å². The number of esters is 1. The lowest BCUT2D eigenvalue weighted by Gasteiger charge is -2.08. The first kappa shape index (κ1) is 13.1. The molecule has 0 aliphatic heterocycles. The Bertz CT molecular complexity index is 413. The van der Waals surface area contributed by atoms with E-state index in [1.54, 1.807) is 18.2 Å². The monoisotopic (exact) mass is 235 g/mol. The van der Waals surface area contributed by atoms with Gasteiger partial charge in [0.25, 0.3) is 0 Å². The number of nitrogens with two attached hydrogens (primary N) is 1. The zero-order chi connectivity index (χ0) is 12.7. The van der Waals surface area contributed by atoms with E-state index in [2.05, 4.69) is 4.74 Å². The van der Waals surface area contributed by atoms with E-state index in [-0.39, 0.29) is 0 Å². The second kappa shape index (κ2) is 6.58. The number of nitrogen functional groups attached to an aromatic ring is 1. The summed E-state index contributed by atoms with van der Waals surface area (Å²) in [6.45, 7) is 2.67. The molecule has 0 saturated heterocycles. The molecule has 92 valence electrons. The molecular formula is C13H17NO3. The second-order valence-electron chi connectivity index (χ2n) is 3.50. The number of methoxy groups -OCH3 is 1. The van der Waals surface area contributed by atoms with Crippen LogP contribution < -0.4 is 10.5 Å². The maximum Gasteiger partial charge on any atom is 0.330 e. The summed E-state index contributed by atoms with van der Waals surface area (Å²) in [5.41, 5.74) is 7.22. The molecule has 0 aliphatic rings. The Kier molecular flexibility index (Phi) is 5.07. The Morgan fingerprint density at radius 2 is 2.24 bits per heavy atom. The normalized spacial score (nSPS) is 10.5. The van der Waals surface area contributed by atoms with Gasteiger partial charge in [-0.05, 0) is 30.2 Å². The largest absolute Gasteiger partial charge is 0.491 e. The van der Waals surface area contributed by atoms with E-state index in [1.807, 2.05) is 13.0 Å². The van der Waals surface area contributed by atoms with E-state index in [4.69, 9.17) is 10.5 Å². The van der Waals surface area contributed by atoms with Crippen molar-refractivity contribution in [2.75, 3.05) is 19.5 Å². The van der Waals surface area contributed by atoms with Gasteiger partial charge in [0.05, 0.1) is 19.4 Å². The first-order valence-electron chi connectivity index (χ1n) is 5.45. The van der Waals surface area contributed by atoms with Crippen LogP contribution in [0.2, 0.25) is 0 Å². The average Bonchev–Trinajstić information content (AvgIpc) is 2.34. The minimum Gasteiger partial charge on any atom is -0.491 e. The lowest BCUT2D eigenvalue weighted by atomic mass is 10.2. The van der Waals surface area contributed by atoms with Crippen molar-refractivity contribution in [3.63, 3.8) is 0 Å². The Labute approximate surface area is 101 Å². The summed E-state index contributed by atoms with van der Waals surface area (Å²) in [5, 5.41) is 0. The molecule has 0 aromatic heterocycles. The highest BCUT2D eigenvalue weighted by molar-refractivity contribution is 5.87. The lowest BCUT2D eigenvalue weighted by Crippen LogP contribution is -1.99. The zero-order valence-electron chi connectivity index (χ0n) is 10.1. The summed E-state index contributed by atoms with van der Waals surface area (Å²) in [5.74, 6) is 0.275. The average molecular weight is 235 g/mol. The number of hydrogen-bond donors (Lipinski definition) is 1. The van der Waals surface area contributed by atoms with Gasteiger partial charge in [-0.1, -0.05) is 13.0 Å². The molecule has 17 heavy (non-hydrogen) atoms. The third kappa shape index (κ3) is 4.18. The predicted molar refractivity (Wildman–Crippen MR) is 67.7 cm³/mol. The van der Waals surface area contributed by atoms with Crippen molar-refractivity contribution >= 4 is 17.7 Å². The minimum absolute atomic E-state index is 0.394. The van der Waals surface area contributed by atoms with Gasteiger partial charge in [-0.2, -0.15) is 0 Å². The van der Waals surface area contributed by atoms with E-state index >= 15 is 0 Å². The van der Waals surface area contributed by atoms with Gasteiger partial charge in [-0.15, -0.1) is 0 Å². The molecule has 0 amide bonds. The Morgan fingerprint density at radius 3 is 2.82 bits per heavy atom. The third-order valence-corrected chi connectivity index (χ3v) is 2.11. The van der Waals surface area contributed by atoms with Gasteiger partial charge in [0, 0.05) is 6.08 Å². The lowest BCUT2D eigenvalue weighted by molar-refractivity contribution is -0.134. The molecule has 4 nitrogen and oxygen atoms in total. The van der Waals surface area contributed by atoms with E-state index in [1.165, 1.54) is 13.2 Å². The number of benzene rings is 1. The van der Waals surface area contributed by atoms with Crippen molar-refractivity contribution < 1.29 is 14.3 Å². The summed E-state index contributed by atoms with van der Waals surface area (Å²) < 4.78 is 9.94. The molecule has 0 aliphatic carbocycles. The van der Waals surface area contributed by atoms with Gasteiger partial charge >= 0.3 is 5.97 Å². The summed E-state index contributed by atoms with van der Waals surface area (Å²) in [7, 11) is 1.34. The van der Waals surface area contributed by atoms with E-state index in [0.717, 1.165) is 12.0 Å². The van der Waals surface area contributed by atoms with Crippen LogP contribution in [-0.4, -0.2) is 19.7 Å². The molecule has 0 bridgehead atoms. The number of carbonyl (C=O) groups excluding carboxylic acids is 1. The van der Waals surface area contributed by atoms with E-state index in [0.29, 0.717) is 18.0 Å². The minimum atomic E-state index is -0.394. The fourth-order valence-electron chi connectivity index (χ4n) is 1.25. The fraction of sp³-hybridized carbons (Fsp3) is 0.308. The summed E-state index contributed by atoms with van der Waals surface area (Å²) >= 11 is 0. The molecule has 0 unspecified atom stereocenters. The molecule has 4 heteroatoms. The molecule has 2 N–H and O–H groups in total. The standard InChI is InChI=1S/C13H17NO3/c1-3-8-17-12-6-4-10(9-11(12)14)5-7-13(15)16-2/h4-7,9H,3,8,14H2,1-2H3/b7-5-. The fourth-order valence-corrected chi connectivity index (χ4v) is 1.25. The summed E-state index contributed by atoms with van der Waals surface area (Å²) in [6, 6.07) is 5.38. The molecule has 0 fully saturated rings. The van der Waals surface area contributed by atoms with Gasteiger partial charge < -0.3 is 15.2 Å². The number of ether oxygens (including phenoxy) is 2. The Balaban J connectivity index is 2.74. The molecule has 0 heterocycles. The van der Waals surface area contributed by atoms with Crippen LogP contribution in [0.5, 0.6) is 5.75 Å². The highest BCUT2D eigenvalue weighted by Crippen LogP contribution is 2.23. The van der Waals surface area contributed by atoms with Gasteiger partial charge in [0.2, 0.25) is 0 Å². The molecule has 0 atom stereocenters. The van der Waals surface area contributed by atoms with Crippen LogP contribution in [-0.2, 0) is 9.53 Å². The topological polar surface area (TPSA) is 61.5 Å². The molecule has 0 spiro atoms. The number of carbonyl (C=O) groups is 1. The van der Waals surface area contributed by atoms with Crippen molar-refractivity contribution in [1.29, 1.82) is 0 Å². The van der Waals surface area contributed by atoms with Crippen molar-refractivity contribution in [3.05, 3.63) is 29.8 Å². The molecular weight excluding hydrogens is 218 g/mol. The Hall–Kier alpha value is -1.97. The van der Waals surface area contributed by atoms with Crippen LogP contribution >= 0.6 is 0 Å². The maximum atomic E-state index is 10.9. The van der Waals surface area contributed by atoms with Crippen LogP contribution in [0.1, 0.15) is 18.9 Å². The summed E-state index contributed by atoms with van der Waals surface area (Å²) in [6.07, 6.45) is 3.93. The number of rotatable bonds is 5. The van der Waals surface area contributed by atoms with Gasteiger partial charge in [0.15, 0.2) is 0 Å². The maximum absolute atomic E-state index is 10.9. The first-order chi connectivity index (χ1) is 8.17. The molecule has 1 aromatic rings. The van der Waals surface area contributed by atoms with Gasteiger partial charge in [-0.25, -0.2) is 4.79 Å². The van der Waals surface area contributed by atoms with Crippen LogP contribution in [0.4, 0.5) is 5.69 Å². The van der Waals surface area contributed by atoms with Crippen molar-refractivity contribution in [2.45, 2.75) is 13.3 Å². The van der Waals surface area contributed by atoms with Crippen LogP contribution in [0, 0.1) is 0 Å². The highest BCUT2D eigenvalue weighted by Gasteiger charge is 2.00. The van der Waals surface area contributed by atoms with E-state index < -0.39 is 5.97 Å². The first-order valence-corrected chi connectivity index (χ1v) is 5.45. The van der Waals surface area contributed by atoms with Crippen molar-refractivity contribution in [3.8, 4) is 5.75 Å². The van der Waals surface area contributed by atoms with Crippen LogP contribution in [0.25, 0.3) is 6.08 Å². The second-order valence-corrected chi connectivity index (χ2v) is 3.50. The summed E-state index contributed by atoms with van der Waals surface area (Å²) in [4.78, 5) is 10.9. The Morgan fingerprint density at radius 1 is 1.47 bits per heavy atom. The smallest absolute Gasteiger partial charge is 0.330 e. The third-order valence-electron chi connectivity index (χ3n) is 2.11. The van der Waals surface area contributed by atoms with Gasteiger partial charge in [0.1, 0.15) is 5.75 Å². The van der Waals surface area contributed by atoms with E-state index in [9.17, 15) is 4.79 Å². The molecule has 1 rings (SSSR count). The molecule has 0 radical (unpaired) electrons. The van der Waals surface area contributed by atoms with Gasteiger partial charge in [-0.3, -0.25) is 0 Å². The number of hydrogen-bond acceptors (Lipinski definition) is 4. The number of anilines is 1. The zero-order valence-corrected chi connectivity index (χ0v) is 10.1. The van der Waals surface area contributed by atoms with Crippen LogP contribution in [0.3, 0.4) is 0 Å². The molecule has 0 saturated carbocycles. The SMILES string of the molecule is CCCOc1ccc(/C=C\C(=O)OC)cc1N. The predicted octanol–water partition coefficient (Wildman–Crippen LogP) is 2.24. The van der Waals surface area contributed by atoms with Crippen molar-refractivity contribution in [1.82, 2.24) is 0 Å². The highest BCUT2D eigenvalue weighted by atomic mass is 16.5. The van der Waals surface area contributed by atoms with Crippen LogP contribution in [0.15, 0.2) is 24.3 Å². The quantitative estimate of drug-likeness (QED) is 0.483. The molecule has 1 aromatic carbocycles.